The molecule has 2 heterocycles. The van der Waals surface area contributed by atoms with E-state index in [2.05, 4.69) is 51.2 Å². The second kappa shape index (κ2) is 9.52. The molecule has 1 amide bonds. The zero-order valence-corrected chi connectivity index (χ0v) is 22.1. The molecular weight excluding hydrogens is 462 g/mol. The van der Waals surface area contributed by atoms with E-state index in [1.165, 1.54) is 10.4 Å². The average Bonchev–Trinajstić information content (AvgIpc) is 3.24. The van der Waals surface area contributed by atoms with Gasteiger partial charge in [0.25, 0.3) is 5.91 Å². The number of rotatable bonds is 5. The van der Waals surface area contributed by atoms with Crippen molar-refractivity contribution in [1.29, 1.82) is 5.26 Å². The molecule has 4 nitrogen and oxygen atoms in total. The highest BCUT2D eigenvalue weighted by atomic mass is 32.1. The number of carbonyl (C=O) groups is 1. The molecule has 1 N–H and O–H groups in total. The fourth-order valence-corrected chi connectivity index (χ4v) is 6.43. The Morgan fingerprint density at radius 1 is 1.19 bits per heavy atom. The first kappa shape index (κ1) is 24.2. The number of nitrogens with zero attached hydrogens (tertiary/aromatic N) is 2. The topological polar surface area (TPSA) is 65.8 Å². The number of pyridine rings is 1. The largest absolute Gasteiger partial charge is 0.312 e. The maximum atomic E-state index is 13.7. The number of aromatic nitrogens is 1. The van der Waals surface area contributed by atoms with Crippen molar-refractivity contribution in [2.24, 2.45) is 11.3 Å². The van der Waals surface area contributed by atoms with Gasteiger partial charge in [0, 0.05) is 15.8 Å². The van der Waals surface area contributed by atoms with E-state index in [1.54, 1.807) is 11.3 Å². The van der Waals surface area contributed by atoms with Crippen molar-refractivity contribution in [2.45, 2.75) is 53.4 Å². The Morgan fingerprint density at radius 3 is 2.67 bits per heavy atom. The van der Waals surface area contributed by atoms with Crippen LogP contribution < -0.4 is 5.32 Å². The summed E-state index contributed by atoms with van der Waals surface area (Å²) in [5.74, 6) is 0.382. The first-order valence-electron chi connectivity index (χ1n) is 12.6. The second-order valence-corrected chi connectivity index (χ2v) is 11.6. The molecule has 1 aliphatic rings. The number of thiophene rings is 1. The molecule has 5 rings (SSSR count). The van der Waals surface area contributed by atoms with E-state index in [0.717, 1.165) is 53.4 Å². The minimum absolute atomic E-state index is 0.206. The van der Waals surface area contributed by atoms with Crippen LogP contribution in [-0.4, -0.2) is 10.9 Å². The number of para-hydroxylation sites is 1. The van der Waals surface area contributed by atoms with E-state index in [1.807, 2.05) is 42.5 Å². The van der Waals surface area contributed by atoms with Crippen LogP contribution in [0.25, 0.3) is 22.2 Å². The fourth-order valence-electron chi connectivity index (χ4n) is 5.15. The number of hydrogen-bond donors (Lipinski definition) is 1. The van der Waals surface area contributed by atoms with Crippen LogP contribution >= 0.6 is 11.3 Å². The molecule has 4 aromatic rings. The summed E-state index contributed by atoms with van der Waals surface area (Å²) < 4.78 is 0. The molecule has 0 radical (unpaired) electrons. The predicted octanol–water partition coefficient (Wildman–Crippen LogP) is 7.94. The van der Waals surface area contributed by atoms with Gasteiger partial charge in [-0.05, 0) is 55.2 Å². The molecule has 182 valence electrons. The Morgan fingerprint density at radius 2 is 1.94 bits per heavy atom. The molecule has 2 aromatic heterocycles. The lowest BCUT2D eigenvalue weighted by atomic mass is 9.69. The summed E-state index contributed by atoms with van der Waals surface area (Å²) in [7, 11) is 0. The van der Waals surface area contributed by atoms with Gasteiger partial charge in [-0.15, -0.1) is 11.3 Å². The van der Waals surface area contributed by atoms with Crippen LogP contribution in [0.2, 0.25) is 0 Å². The maximum Gasteiger partial charge on any atom is 0.257 e. The molecule has 2 aromatic carbocycles. The quantitative estimate of drug-likeness (QED) is 0.307. The second-order valence-electron chi connectivity index (χ2n) is 10.5. The van der Waals surface area contributed by atoms with Gasteiger partial charge in [-0.1, -0.05) is 75.2 Å². The molecule has 0 spiro atoms. The number of anilines is 1. The van der Waals surface area contributed by atoms with Gasteiger partial charge < -0.3 is 5.32 Å². The minimum Gasteiger partial charge on any atom is -0.312 e. The van der Waals surface area contributed by atoms with Crippen LogP contribution in [0.3, 0.4) is 0 Å². The van der Waals surface area contributed by atoms with Crippen LogP contribution in [0, 0.1) is 29.6 Å². The molecule has 0 saturated heterocycles. The summed E-state index contributed by atoms with van der Waals surface area (Å²) in [5.41, 5.74) is 6.26. The number of amides is 1. The van der Waals surface area contributed by atoms with Gasteiger partial charge in [0.05, 0.1) is 22.3 Å². The van der Waals surface area contributed by atoms with Gasteiger partial charge in [-0.2, -0.15) is 5.26 Å². The smallest absolute Gasteiger partial charge is 0.257 e. The van der Waals surface area contributed by atoms with Crippen molar-refractivity contribution >= 4 is 33.1 Å². The zero-order chi connectivity index (χ0) is 25.4. The van der Waals surface area contributed by atoms with Crippen LogP contribution in [0.4, 0.5) is 5.00 Å². The first-order valence-corrected chi connectivity index (χ1v) is 13.4. The lowest BCUT2D eigenvalue weighted by molar-refractivity contribution is 0.102. The molecule has 36 heavy (non-hydrogen) atoms. The number of carbonyl (C=O) groups excluding carboxylic acids is 1. The van der Waals surface area contributed by atoms with Crippen molar-refractivity contribution < 1.29 is 4.79 Å². The molecule has 0 bridgehead atoms. The van der Waals surface area contributed by atoms with E-state index in [-0.39, 0.29) is 11.3 Å². The lowest BCUT2D eigenvalue weighted by Gasteiger charge is -2.36. The normalized spacial score (nSPS) is 15.4. The third kappa shape index (κ3) is 4.42. The van der Waals surface area contributed by atoms with Crippen molar-refractivity contribution in [1.82, 2.24) is 4.98 Å². The van der Waals surface area contributed by atoms with Gasteiger partial charge in [0.15, 0.2) is 0 Å². The van der Waals surface area contributed by atoms with E-state index in [9.17, 15) is 10.1 Å². The van der Waals surface area contributed by atoms with E-state index < -0.39 is 0 Å². The maximum absolute atomic E-state index is 13.7. The van der Waals surface area contributed by atoms with Crippen molar-refractivity contribution in [2.75, 3.05) is 5.32 Å². The average molecular weight is 494 g/mol. The van der Waals surface area contributed by atoms with Crippen LogP contribution in [-0.2, 0) is 12.8 Å². The highest BCUT2D eigenvalue weighted by molar-refractivity contribution is 7.16. The lowest BCUT2D eigenvalue weighted by Crippen LogP contribution is -2.28. The van der Waals surface area contributed by atoms with Gasteiger partial charge in [0.1, 0.15) is 11.1 Å². The Bertz CT molecular complexity index is 1490. The van der Waals surface area contributed by atoms with Crippen LogP contribution in [0.1, 0.15) is 65.5 Å². The van der Waals surface area contributed by atoms with E-state index >= 15 is 0 Å². The molecular formula is C31H31N3OS. The summed E-state index contributed by atoms with van der Waals surface area (Å²) in [6, 6.07) is 20.1. The Labute approximate surface area is 217 Å². The molecule has 0 saturated carbocycles. The summed E-state index contributed by atoms with van der Waals surface area (Å²) in [5, 5.41) is 14.6. The Balaban J connectivity index is 1.51. The highest BCUT2D eigenvalue weighted by Gasteiger charge is 2.34. The minimum atomic E-state index is -0.206. The van der Waals surface area contributed by atoms with E-state index in [4.69, 9.17) is 4.98 Å². The number of nitriles is 1. The predicted molar refractivity (Wildman–Crippen MR) is 148 cm³/mol. The van der Waals surface area contributed by atoms with Crippen LogP contribution in [0.5, 0.6) is 0 Å². The highest BCUT2D eigenvalue weighted by Crippen LogP contribution is 2.45. The summed E-state index contributed by atoms with van der Waals surface area (Å²) >= 11 is 1.58. The van der Waals surface area contributed by atoms with Gasteiger partial charge in [-0.25, -0.2) is 4.98 Å². The summed E-state index contributed by atoms with van der Waals surface area (Å²) in [6.07, 6.45) is 4.09. The molecule has 5 heteroatoms. The molecule has 1 atom stereocenters. The molecule has 0 fully saturated rings. The third-order valence-electron chi connectivity index (χ3n) is 7.93. The van der Waals surface area contributed by atoms with Gasteiger partial charge >= 0.3 is 0 Å². The van der Waals surface area contributed by atoms with Crippen molar-refractivity contribution in [3.8, 4) is 17.3 Å². The van der Waals surface area contributed by atoms with Gasteiger partial charge in [0.2, 0.25) is 0 Å². The fraction of sp³-hybridized carbons (Fsp3) is 0.323. The summed E-state index contributed by atoms with van der Waals surface area (Å²) in [4.78, 5) is 19.7. The van der Waals surface area contributed by atoms with Crippen molar-refractivity contribution in [3.05, 3.63) is 81.7 Å². The van der Waals surface area contributed by atoms with E-state index in [0.29, 0.717) is 22.0 Å². The Hall–Kier alpha value is -3.49. The molecule has 0 aliphatic heterocycles. The van der Waals surface area contributed by atoms with Crippen LogP contribution in [0.15, 0.2) is 54.6 Å². The number of fused-ring (bicyclic) bond motifs is 2. The SMILES string of the molecule is CCC(C)(C)C1CCc2c(sc(NC(=O)c3cc(-c4ccc(C)cc4)nc4ccccc34)c2C#N)C1. The standard InChI is InChI=1S/C31H31N3OS/c1-5-31(3,4)21-14-15-23-25(18-32)30(36-28(23)16-21)34-29(35)24-17-27(20-12-10-19(2)11-13-20)33-26-9-7-6-8-22(24)26/h6-13,17,21H,5,14-16H2,1-4H3,(H,34,35). The monoisotopic (exact) mass is 493 g/mol. The van der Waals surface area contributed by atoms with Gasteiger partial charge in [-0.3, -0.25) is 4.79 Å². The number of nitrogens with one attached hydrogen (secondary N) is 1. The van der Waals surface area contributed by atoms with Crippen molar-refractivity contribution in [3.63, 3.8) is 0 Å². The zero-order valence-electron chi connectivity index (χ0n) is 21.3. The first-order chi connectivity index (χ1) is 17.3. The summed E-state index contributed by atoms with van der Waals surface area (Å²) in [6.45, 7) is 8.98. The number of aryl methyl sites for hydroxylation is 1. The molecule has 1 unspecified atom stereocenters. The third-order valence-corrected chi connectivity index (χ3v) is 9.10. The Kier molecular flexibility index (Phi) is 6.40. The molecule has 1 aliphatic carbocycles. The number of benzene rings is 2. The number of hydrogen-bond acceptors (Lipinski definition) is 4.